The van der Waals surface area contributed by atoms with Gasteiger partial charge in [0, 0.05) is 5.41 Å². The average Bonchev–Trinajstić information content (AvgIpc) is 2.39. The smallest absolute Gasteiger partial charge is 0.164 e. The molecule has 2 unspecified atom stereocenters. The second-order valence-electron chi connectivity index (χ2n) is 6.80. The minimum absolute atomic E-state index is 0.0634. The van der Waals surface area contributed by atoms with Gasteiger partial charge in [-0.3, -0.25) is 4.79 Å². The fraction of sp³-hybridized carbons (Fsp3) is 0.786. The summed E-state index contributed by atoms with van der Waals surface area (Å²) in [5, 5.41) is 0. The fourth-order valence-corrected chi connectivity index (χ4v) is 3.50. The second kappa shape index (κ2) is 2.75. The Morgan fingerprint density at radius 3 is 2.40 bits per heavy atom. The predicted molar refractivity (Wildman–Crippen MR) is 62.6 cm³/mol. The minimum Gasteiger partial charge on any atom is -0.294 e. The lowest BCUT2D eigenvalue weighted by atomic mass is 9.60. The molecule has 2 rings (SSSR count). The minimum atomic E-state index is -0.0634. The first kappa shape index (κ1) is 10.9. The molecule has 0 heterocycles. The van der Waals surface area contributed by atoms with Gasteiger partial charge in [0.15, 0.2) is 5.78 Å². The maximum atomic E-state index is 12.1. The zero-order valence-electron chi connectivity index (χ0n) is 10.6. The maximum Gasteiger partial charge on any atom is 0.164 e. The highest BCUT2D eigenvalue weighted by atomic mass is 16.1. The van der Waals surface area contributed by atoms with Crippen molar-refractivity contribution in [3.63, 3.8) is 0 Å². The van der Waals surface area contributed by atoms with Gasteiger partial charge >= 0.3 is 0 Å². The maximum absolute atomic E-state index is 12.1. The number of hydrogen-bond acceptors (Lipinski definition) is 1. The summed E-state index contributed by atoms with van der Waals surface area (Å²) < 4.78 is 0. The van der Waals surface area contributed by atoms with Gasteiger partial charge in [-0.25, -0.2) is 0 Å². The first-order valence-corrected chi connectivity index (χ1v) is 5.95. The number of Topliss-reactive ketones (excluding diaryl/α,β-unsaturated/α-hetero) is 1. The zero-order valence-corrected chi connectivity index (χ0v) is 10.6. The fourth-order valence-electron chi connectivity index (χ4n) is 3.50. The standard InChI is InChI=1S/C14H22O/c1-10-8-14(12(2,3)4)7-6-13(5,9-14)11(10)15/h8H,6-7,9H2,1-5H3. The van der Waals surface area contributed by atoms with E-state index in [-0.39, 0.29) is 16.2 Å². The van der Waals surface area contributed by atoms with Gasteiger partial charge in [-0.2, -0.15) is 0 Å². The summed E-state index contributed by atoms with van der Waals surface area (Å²) >= 11 is 0. The highest BCUT2D eigenvalue weighted by Crippen LogP contribution is 2.62. The third-order valence-corrected chi connectivity index (χ3v) is 4.72. The van der Waals surface area contributed by atoms with E-state index in [0.29, 0.717) is 5.78 Å². The van der Waals surface area contributed by atoms with Crippen LogP contribution in [0.4, 0.5) is 0 Å². The monoisotopic (exact) mass is 206 g/mol. The number of rotatable bonds is 0. The van der Waals surface area contributed by atoms with E-state index in [1.54, 1.807) is 0 Å². The van der Waals surface area contributed by atoms with Crippen LogP contribution in [0.1, 0.15) is 53.9 Å². The van der Waals surface area contributed by atoms with Crippen LogP contribution in [-0.2, 0) is 4.79 Å². The van der Waals surface area contributed by atoms with Gasteiger partial charge in [-0.05, 0) is 42.6 Å². The van der Waals surface area contributed by atoms with Crippen molar-refractivity contribution in [3.8, 4) is 0 Å². The molecule has 2 bridgehead atoms. The Bertz CT molecular complexity index is 345. The summed E-state index contributed by atoms with van der Waals surface area (Å²) in [6.45, 7) is 11.1. The molecule has 0 aromatic heterocycles. The van der Waals surface area contributed by atoms with E-state index in [9.17, 15) is 4.79 Å². The van der Waals surface area contributed by atoms with Gasteiger partial charge in [-0.15, -0.1) is 0 Å². The predicted octanol–water partition coefficient (Wildman–Crippen LogP) is 3.74. The Hall–Kier alpha value is -0.590. The molecule has 1 fully saturated rings. The topological polar surface area (TPSA) is 17.1 Å². The lowest BCUT2D eigenvalue weighted by molar-refractivity contribution is -0.125. The number of allylic oxidation sites excluding steroid dienone is 2. The molecule has 0 aromatic rings. The molecule has 0 radical (unpaired) electrons. The Morgan fingerprint density at radius 1 is 1.27 bits per heavy atom. The number of carbonyl (C=O) groups is 1. The molecule has 2 atom stereocenters. The van der Waals surface area contributed by atoms with Crippen molar-refractivity contribution in [1.82, 2.24) is 0 Å². The van der Waals surface area contributed by atoms with Crippen LogP contribution >= 0.6 is 0 Å². The van der Waals surface area contributed by atoms with Crippen LogP contribution in [0.2, 0.25) is 0 Å². The Morgan fingerprint density at radius 2 is 1.87 bits per heavy atom. The number of fused-ring (bicyclic) bond motifs is 2. The summed E-state index contributed by atoms with van der Waals surface area (Å²) in [4.78, 5) is 12.1. The SMILES string of the molecule is CC1=CC2(C(C)(C)C)CCC(C)(C2)C1=O. The van der Waals surface area contributed by atoms with Crippen molar-refractivity contribution >= 4 is 5.78 Å². The summed E-state index contributed by atoms with van der Waals surface area (Å²) in [5.74, 6) is 0.389. The van der Waals surface area contributed by atoms with Crippen molar-refractivity contribution in [2.24, 2.45) is 16.2 Å². The van der Waals surface area contributed by atoms with E-state index >= 15 is 0 Å². The molecule has 0 spiro atoms. The van der Waals surface area contributed by atoms with Gasteiger partial charge in [-0.1, -0.05) is 33.8 Å². The highest BCUT2D eigenvalue weighted by molar-refractivity contribution is 6.00. The highest BCUT2D eigenvalue weighted by Gasteiger charge is 2.56. The first-order valence-electron chi connectivity index (χ1n) is 5.95. The van der Waals surface area contributed by atoms with Crippen molar-refractivity contribution in [3.05, 3.63) is 11.6 Å². The van der Waals surface area contributed by atoms with Gasteiger partial charge < -0.3 is 0 Å². The number of hydrogen-bond donors (Lipinski definition) is 0. The quantitative estimate of drug-likeness (QED) is 0.590. The number of ketones is 1. The van der Waals surface area contributed by atoms with Crippen LogP contribution in [-0.4, -0.2) is 5.78 Å². The van der Waals surface area contributed by atoms with Gasteiger partial charge in [0.2, 0.25) is 0 Å². The summed E-state index contributed by atoms with van der Waals surface area (Å²) in [7, 11) is 0. The van der Waals surface area contributed by atoms with Gasteiger partial charge in [0.25, 0.3) is 0 Å². The van der Waals surface area contributed by atoms with E-state index in [1.807, 2.05) is 6.92 Å². The molecule has 0 amide bonds. The van der Waals surface area contributed by atoms with E-state index in [0.717, 1.165) is 18.4 Å². The van der Waals surface area contributed by atoms with Crippen molar-refractivity contribution in [2.75, 3.05) is 0 Å². The molecule has 0 saturated heterocycles. The molecule has 1 nitrogen and oxygen atoms in total. The summed E-state index contributed by atoms with van der Waals surface area (Å²) in [5.41, 5.74) is 1.47. The second-order valence-corrected chi connectivity index (χ2v) is 6.80. The third kappa shape index (κ3) is 1.32. The Kier molecular flexibility index (Phi) is 2.00. The molecule has 15 heavy (non-hydrogen) atoms. The Balaban J connectivity index is 2.52. The normalized spacial score (nSPS) is 40.6. The van der Waals surface area contributed by atoms with E-state index in [4.69, 9.17) is 0 Å². The molecule has 1 saturated carbocycles. The van der Waals surface area contributed by atoms with Crippen molar-refractivity contribution < 1.29 is 4.79 Å². The first-order chi connectivity index (χ1) is 6.70. The molecule has 1 heteroatoms. The van der Waals surface area contributed by atoms with Crippen LogP contribution in [0.3, 0.4) is 0 Å². The summed E-state index contributed by atoms with van der Waals surface area (Å²) in [6, 6.07) is 0. The van der Waals surface area contributed by atoms with E-state index in [1.165, 1.54) is 6.42 Å². The van der Waals surface area contributed by atoms with E-state index < -0.39 is 0 Å². The zero-order chi connectivity index (χ0) is 11.5. The molecule has 0 aliphatic heterocycles. The van der Waals surface area contributed by atoms with Crippen molar-refractivity contribution in [2.45, 2.75) is 53.9 Å². The Labute approximate surface area is 92.9 Å². The van der Waals surface area contributed by atoms with Crippen LogP contribution < -0.4 is 0 Å². The molecule has 2 aliphatic rings. The van der Waals surface area contributed by atoms with Crippen LogP contribution in [0.5, 0.6) is 0 Å². The largest absolute Gasteiger partial charge is 0.294 e. The van der Waals surface area contributed by atoms with Gasteiger partial charge in [0.1, 0.15) is 0 Å². The van der Waals surface area contributed by atoms with Gasteiger partial charge in [0.05, 0.1) is 0 Å². The van der Waals surface area contributed by atoms with Crippen molar-refractivity contribution in [1.29, 1.82) is 0 Å². The van der Waals surface area contributed by atoms with Crippen LogP contribution in [0.25, 0.3) is 0 Å². The average molecular weight is 206 g/mol. The molecular formula is C14H22O. The molecule has 0 N–H and O–H groups in total. The third-order valence-electron chi connectivity index (χ3n) is 4.72. The molecular weight excluding hydrogens is 184 g/mol. The summed E-state index contributed by atoms with van der Waals surface area (Å²) in [6.07, 6.45) is 5.57. The molecule has 2 aliphatic carbocycles. The van der Waals surface area contributed by atoms with Crippen LogP contribution in [0, 0.1) is 16.2 Å². The number of carbonyl (C=O) groups excluding carboxylic acids is 1. The molecule has 84 valence electrons. The molecule has 0 aromatic carbocycles. The lowest BCUT2D eigenvalue weighted by Gasteiger charge is -2.44. The van der Waals surface area contributed by atoms with E-state index in [2.05, 4.69) is 33.8 Å². The van der Waals surface area contributed by atoms with Crippen LogP contribution in [0.15, 0.2) is 11.6 Å². The lowest BCUT2D eigenvalue weighted by Crippen LogP contribution is -2.39.